The molecule has 1 unspecified atom stereocenters. The second-order valence-electron chi connectivity index (χ2n) is 17.9. The van der Waals surface area contributed by atoms with Crippen molar-refractivity contribution in [1.29, 1.82) is 0 Å². The number of rotatable bonds is 13. The van der Waals surface area contributed by atoms with Crippen LogP contribution in [-0.2, 0) is 17.6 Å². The summed E-state index contributed by atoms with van der Waals surface area (Å²) in [4.78, 5) is 15.8. The van der Waals surface area contributed by atoms with E-state index in [1.807, 2.05) is 18.2 Å². The molecule has 0 amide bonds. The lowest BCUT2D eigenvalue weighted by molar-refractivity contribution is 0.0803. The van der Waals surface area contributed by atoms with Crippen molar-refractivity contribution in [3.63, 3.8) is 0 Å². The number of aryl methyl sites for hydroxylation is 2. The summed E-state index contributed by atoms with van der Waals surface area (Å²) in [5.41, 5.74) is 18.7. The van der Waals surface area contributed by atoms with Gasteiger partial charge in [-0.2, -0.15) is 0 Å². The van der Waals surface area contributed by atoms with E-state index in [0.29, 0.717) is 24.1 Å². The molecule has 70 heavy (non-hydrogen) atoms. The first-order chi connectivity index (χ1) is 34.5. The maximum Gasteiger partial charge on any atom is 0.164 e. The molecule has 0 fully saturated rings. The van der Waals surface area contributed by atoms with Gasteiger partial charge in [-0.1, -0.05) is 182 Å². The zero-order valence-electron chi connectivity index (χ0n) is 39.8. The van der Waals surface area contributed by atoms with Crippen molar-refractivity contribution >= 4 is 16.5 Å². The Bertz CT molecular complexity index is 3540. The minimum Gasteiger partial charge on any atom is -0.460 e. The molecule has 0 bridgehead atoms. The molecular weight excluding hydrogens is 855 g/mol. The summed E-state index contributed by atoms with van der Waals surface area (Å²) in [5, 5.41) is 1.07. The van der Waals surface area contributed by atoms with Gasteiger partial charge in [-0.3, -0.25) is 0 Å². The largest absolute Gasteiger partial charge is 0.460 e. The molecular formula is C65H53N3O2. The van der Waals surface area contributed by atoms with E-state index in [2.05, 4.69) is 215 Å². The Balaban J connectivity index is 1.15. The van der Waals surface area contributed by atoms with E-state index in [9.17, 15) is 0 Å². The molecule has 1 aliphatic carbocycles. The van der Waals surface area contributed by atoms with Crippen LogP contribution in [0.3, 0.4) is 0 Å². The van der Waals surface area contributed by atoms with E-state index in [1.165, 1.54) is 33.4 Å². The number of allylic oxidation sites excluding steroid dienone is 3. The Kier molecular flexibility index (Phi) is 12.5. The third kappa shape index (κ3) is 8.72. The van der Waals surface area contributed by atoms with E-state index in [-0.39, 0.29) is 6.10 Å². The molecule has 1 aliphatic rings. The van der Waals surface area contributed by atoms with Crippen molar-refractivity contribution in [2.75, 3.05) is 6.61 Å². The quantitative estimate of drug-likeness (QED) is 0.108. The van der Waals surface area contributed by atoms with Gasteiger partial charge in [0.15, 0.2) is 17.5 Å². The smallest absolute Gasteiger partial charge is 0.164 e. The highest BCUT2D eigenvalue weighted by Crippen LogP contribution is 2.50. The van der Waals surface area contributed by atoms with Gasteiger partial charge in [-0.25, -0.2) is 15.0 Å². The van der Waals surface area contributed by atoms with Gasteiger partial charge < -0.3 is 9.15 Å². The van der Waals surface area contributed by atoms with Gasteiger partial charge in [0.1, 0.15) is 11.3 Å². The predicted molar refractivity (Wildman–Crippen MR) is 289 cm³/mol. The van der Waals surface area contributed by atoms with E-state index in [1.54, 1.807) is 0 Å². The fraction of sp³-hybridized carbons (Fsp3) is 0.123. The molecule has 0 saturated carbocycles. The first kappa shape index (κ1) is 44.3. The highest BCUT2D eigenvalue weighted by molar-refractivity contribution is 6.06. The minimum absolute atomic E-state index is 0.00169. The monoisotopic (exact) mass is 907 g/mol. The summed E-state index contributed by atoms with van der Waals surface area (Å²) < 4.78 is 12.8. The number of furan rings is 1. The molecule has 0 spiro atoms. The van der Waals surface area contributed by atoms with Crippen molar-refractivity contribution in [3.05, 3.63) is 229 Å². The number of fused-ring (bicyclic) bond motifs is 5. The summed E-state index contributed by atoms with van der Waals surface area (Å²) >= 11 is 0. The average molecular weight is 908 g/mol. The van der Waals surface area contributed by atoms with Crippen LogP contribution < -0.4 is 0 Å². The number of hydrogen-bond donors (Lipinski definition) is 0. The molecule has 0 saturated heterocycles. The van der Waals surface area contributed by atoms with E-state index >= 15 is 0 Å². The van der Waals surface area contributed by atoms with Crippen LogP contribution in [0.4, 0.5) is 0 Å². The van der Waals surface area contributed by atoms with Crippen molar-refractivity contribution in [1.82, 2.24) is 15.0 Å². The van der Waals surface area contributed by atoms with Crippen LogP contribution in [-0.4, -0.2) is 27.7 Å². The second kappa shape index (κ2) is 19.8. The molecule has 2 aromatic heterocycles. The van der Waals surface area contributed by atoms with Crippen molar-refractivity contribution in [2.24, 2.45) is 0 Å². The summed E-state index contributed by atoms with van der Waals surface area (Å²) in [5.74, 6) is 2.83. The zero-order chi connectivity index (χ0) is 47.4. The van der Waals surface area contributed by atoms with Crippen LogP contribution in [0, 0.1) is 0 Å². The van der Waals surface area contributed by atoms with Gasteiger partial charge in [0.05, 0.1) is 6.10 Å². The summed E-state index contributed by atoms with van der Waals surface area (Å²) in [6, 6.07) is 68.8. The lowest BCUT2D eigenvalue weighted by atomic mass is 9.78. The maximum absolute atomic E-state index is 6.50. The Labute approximate surface area is 410 Å². The molecule has 10 aromatic rings. The fourth-order valence-electron chi connectivity index (χ4n) is 10.2. The van der Waals surface area contributed by atoms with Crippen LogP contribution in [0.25, 0.3) is 106 Å². The van der Waals surface area contributed by atoms with Crippen LogP contribution in [0.15, 0.2) is 217 Å². The molecule has 0 aliphatic heterocycles. The Morgan fingerprint density at radius 2 is 1.09 bits per heavy atom. The Morgan fingerprint density at radius 1 is 0.529 bits per heavy atom. The van der Waals surface area contributed by atoms with E-state index < -0.39 is 0 Å². The van der Waals surface area contributed by atoms with Crippen LogP contribution in [0.5, 0.6) is 0 Å². The Hall–Kier alpha value is -8.25. The van der Waals surface area contributed by atoms with Gasteiger partial charge in [-0.05, 0) is 131 Å². The number of benzene rings is 8. The van der Waals surface area contributed by atoms with Gasteiger partial charge in [0, 0.05) is 40.7 Å². The summed E-state index contributed by atoms with van der Waals surface area (Å²) in [6.07, 6.45) is 9.08. The third-order valence-electron chi connectivity index (χ3n) is 13.3. The normalized spacial score (nSPS) is 12.8. The zero-order valence-corrected chi connectivity index (χ0v) is 39.8. The third-order valence-corrected chi connectivity index (χ3v) is 13.3. The molecule has 0 radical (unpaired) electrons. The Morgan fingerprint density at radius 3 is 1.74 bits per heavy atom. The molecule has 0 N–H and O–H groups in total. The van der Waals surface area contributed by atoms with Crippen LogP contribution in [0.1, 0.15) is 44.1 Å². The highest BCUT2D eigenvalue weighted by atomic mass is 16.5. The van der Waals surface area contributed by atoms with Crippen LogP contribution >= 0.6 is 0 Å². The summed E-state index contributed by atoms with van der Waals surface area (Å²) in [6.45, 7) is 6.95. The van der Waals surface area contributed by atoms with Crippen molar-refractivity contribution in [3.8, 4) is 89.8 Å². The maximum atomic E-state index is 6.50. The molecule has 2 heterocycles. The highest BCUT2D eigenvalue weighted by Gasteiger charge is 2.27. The first-order valence-corrected chi connectivity index (χ1v) is 24.4. The molecule has 11 rings (SSSR count). The first-order valence-electron chi connectivity index (χ1n) is 24.4. The minimum atomic E-state index is -0.00169. The number of ether oxygens (including phenoxy) is 1. The molecule has 5 nitrogen and oxygen atoms in total. The van der Waals surface area contributed by atoms with Crippen molar-refractivity contribution in [2.45, 2.75) is 46.1 Å². The topological polar surface area (TPSA) is 61.0 Å². The van der Waals surface area contributed by atoms with Gasteiger partial charge in [0.2, 0.25) is 0 Å². The molecule has 1 atom stereocenters. The lowest BCUT2D eigenvalue weighted by Gasteiger charge is -2.26. The van der Waals surface area contributed by atoms with Gasteiger partial charge in [0.25, 0.3) is 0 Å². The number of nitrogens with zero attached hydrogens (tertiary/aromatic N) is 3. The van der Waals surface area contributed by atoms with E-state index in [0.717, 1.165) is 91.6 Å². The fourth-order valence-corrected chi connectivity index (χ4v) is 10.2. The standard InChI is InChI=1S/C65H53N3O2/c1-4-6-22-49(39-43(3)69-5-2)54-42-55(60(46-26-13-8-14-27-46)61(47-28-15-9-16-29-47)59(54)45-24-11-7-12-25-45)50-32-21-33-51(40-50)64-66-63(48-30-17-10-18-31-48)67-65(68-64)52-36-37-57-56(41-52)62-53-34-20-19-23-44(53)35-38-58(62)70-57/h4,6-34,36-37,40-43H,5,35,38-39H2,1-3H3/b6-4-,49-22+. The van der Waals surface area contributed by atoms with Gasteiger partial charge in [-0.15, -0.1) is 0 Å². The predicted octanol–water partition coefficient (Wildman–Crippen LogP) is 16.8. The SMILES string of the molecule is C/C=C\C=C(/CC(C)OCC)c1cc(-c2cccc(-c3nc(-c4ccccc4)nc(-c4ccc5oc6c(c5c4)-c4ccccc4CC6)n3)c2)c(-c2ccccc2)c(-c2ccccc2)c1-c1ccccc1. The van der Waals surface area contributed by atoms with Crippen LogP contribution in [0.2, 0.25) is 0 Å². The molecule has 340 valence electrons. The van der Waals surface area contributed by atoms with E-state index in [4.69, 9.17) is 24.1 Å². The second-order valence-corrected chi connectivity index (χ2v) is 17.9. The van der Waals surface area contributed by atoms with Crippen molar-refractivity contribution < 1.29 is 9.15 Å². The number of hydrogen-bond acceptors (Lipinski definition) is 5. The number of aromatic nitrogens is 3. The lowest BCUT2D eigenvalue weighted by Crippen LogP contribution is -2.09. The molecule has 8 aromatic carbocycles. The molecule has 5 heteroatoms. The van der Waals surface area contributed by atoms with Gasteiger partial charge >= 0.3 is 0 Å². The summed E-state index contributed by atoms with van der Waals surface area (Å²) in [7, 11) is 0. The average Bonchev–Trinajstić information content (AvgIpc) is 3.81.